The minimum atomic E-state index is -0.953. The Morgan fingerprint density at radius 2 is 2.27 bits per heavy atom. The molecule has 0 aliphatic rings. The van der Waals surface area contributed by atoms with Crippen LogP contribution in [0.4, 0.5) is 0 Å². The van der Waals surface area contributed by atoms with Crippen LogP contribution in [0.1, 0.15) is 28.4 Å². The van der Waals surface area contributed by atoms with E-state index in [1.807, 2.05) is 6.07 Å². The molecule has 0 radical (unpaired) electrons. The third kappa shape index (κ3) is 2.55. The average molecular weight is 205 g/mol. The molecule has 4 nitrogen and oxygen atoms in total. The second-order valence-electron chi connectivity index (χ2n) is 2.96. The highest BCUT2D eigenvalue weighted by Gasteiger charge is 2.16. The van der Waals surface area contributed by atoms with Gasteiger partial charge in [0.2, 0.25) is 0 Å². The first kappa shape index (κ1) is 11.2. The van der Waals surface area contributed by atoms with Crippen molar-refractivity contribution >= 4 is 5.97 Å². The number of ether oxygens (including phenoxy) is 1. The molecule has 4 heteroatoms. The maximum absolute atomic E-state index is 11.3. The maximum Gasteiger partial charge on any atom is 0.338 e. The van der Waals surface area contributed by atoms with Crippen molar-refractivity contribution in [2.75, 3.05) is 7.11 Å². The van der Waals surface area contributed by atoms with Gasteiger partial charge in [0.05, 0.1) is 31.3 Å². The summed E-state index contributed by atoms with van der Waals surface area (Å²) in [5, 5.41) is 18.1. The van der Waals surface area contributed by atoms with Crippen LogP contribution in [0.25, 0.3) is 0 Å². The zero-order chi connectivity index (χ0) is 11.3. The Morgan fingerprint density at radius 3 is 2.87 bits per heavy atom. The van der Waals surface area contributed by atoms with Crippen molar-refractivity contribution in [3.05, 3.63) is 35.4 Å². The van der Waals surface area contributed by atoms with Crippen molar-refractivity contribution in [2.24, 2.45) is 0 Å². The number of hydrogen-bond acceptors (Lipinski definition) is 4. The minimum absolute atomic E-state index is 0.0476. The van der Waals surface area contributed by atoms with Crippen molar-refractivity contribution in [1.82, 2.24) is 0 Å². The van der Waals surface area contributed by atoms with Crippen LogP contribution >= 0.6 is 0 Å². The van der Waals surface area contributed by atoms with Gasteiger partial charge < -0.3 is 9.84 Å². The van der Waals surface area contributed by atoms with Crippen molar-refractivity contribution in [3.63, 3.8) is 0 Å². The van der Waals surface area contributed by atoms with Crippen molar-refractivity contribution in [3.8, 4) is 6.07 Å². The van der Waals surface area contributed by atoms with Gasteiger partial charge in [-0.25, -0.2) is 4.79 Å². The zero-order valence-electron chi connectivity index (χ0n) is 8.30. The molecule has 0 bridgehead atoms. The first-order valence-electron chi connectivity index (χ1n) is 4.43. The molecule has 1 rings (SSSR count). The van der Waals surface area contributed by atoms with Gasteiger partial charge in [0, 0.05) is 0 Å². The molecule has 0 amide bonds. The molecular weight excluding hydrogens is 194 g/mol. The summed E-state index contributed by atoms with van der Waals surface area (Å²) in [6, 6.07) is 8.38. The van der Waals surface area contributed by atoms with Crippen LogP contribution in [0.15, 0.2) is 24.3 Å². The Kier molecular flexibility index (Phi) is 3.83. The highest BCUT2D eigenvalue weighted by atomic mass is 16.5. The lowest BCUT2D eigenvalue weighted by Crippen LogP contribution is -2.08. The topological polar surface area (TPSA) is 70.3 Å². The highest BCUT2D eigenvalue weighted by Crippen LogP contribution is 2.20. The molecule has 1 aromatic rings. The summed E-state index contributed by atoms with van der Waals surface area (Å²) >= 11 is 0. The molecule has 0 aromatic heterocycles. The molecule has 0 heterocycles. The predicted molar refractivity (Wildman–Crippen MR) is 53.0 cm³/mol. The van der Waals surface area contributed by atoms with E-state index in [9.17, 15) is 9.90 Å². The molecule has 78 valence electrons. The Hall–Kier alpha value is -1.86. The third-order valence-corrected chi connectivity index (χ3v) is 2.01. The fraction of sp³-hybridized carbons (Fsp3) is 0.273. The fourth-order valence-electron chi connectivity index (χ4n) is 1.28. The zero-order valence-corrected chi connectivity index (χ0v) is 8.30. The summed E-state index contributed by atoms with van der Waals surface area (Å²) in [6.45, 7) is 0. The molecule has 1 N–H and O–H groups in total. The Balaban J connectivity index is 3.07. The first-order valence-corrected chi connectivity index (χ1v) is 4.43. The van der Waals surface area contributed by atoms with E-state index < -0.39 is 12.1 Å². The summed E-state index contributed by atoms with van der Waals surface area (Å²) < 4.78 is 4.57. The minimum Gasteiger partial charge on any atom is -0.465 e. The van der Waals surface area contributed by atoms with Crippen LogP contribution in [0.3, 0.4) is 0 Å². The van der Waals surface area contributed by atoms with E-state index in [1.165, 1.54) is 7.11 Å². The third-order valence-electron chi connectivity index (χ3n) is 2.01. The Bertz CT molecular complexity index is 395. The number of carbonyl (C=O) groups excluding carboxylic acids is 1. The number of carbonyl (C=O) groups is 1. The monoisotopic (exact) mass is 205 g/mol. The molecule has 0 fully saturated rings. The second kappa shape index (κ2) is 5.13. The molecule has 1 atom stereocenters. The number of aliphatic hydroxyl groups excluding tert-OH is 1. The normalized spacial score (nSPS) is 11.5. The van der Waals surface area contributed by atoms with Gasteiger partial charge in [-0.15, -0.1) is 0 Å². The van der Waals surface area contributed by atoms with Gasteiger partial charge in [-0.1, -0.05) is 18.2 Å². The number of rotatable bonds is 3. The maximum atomic E-state index is 11.3. The second-order valence-corrected chi connectivity index (χ2v) is 2.96. The van der Waals surface area contributed by atoms with E-state index in [1.54, 1.807) is 24.3 Å². The lowest BCUT2D eigenvalue weighted by molar-refractivity contribution is 0.0593. The van der Waals surface area contributed by atoms with Crippen LogP contribution in [0.2, 0.25) is 0 Å². The van der Waals surface area contributed by atoms with Crippen LogP contribution < -0.4 is 0 Å². The van der Waals surface area contributed by atoms with E-state index >= 15 is 0 Å². The summed E-state index contributed by atoms with van der Waals surface area (Å²) in [7, 11) is 1.27. The summed E-state index contributed by atoms with van der Waals surface area (Å²) in [5.41, 5.74) is 0.716. The summed E-state index contributed by atoms with van der Waals surface area (Å²) in [6.07, 6.45) is -1.00. The van der Waals surface area contributed by atoms with Crippen LogP contribution in [-0.4, -0.2) is 18.2 Å². The van der Waals surface area contributed by atoms with Crippen molar-refractivity contribution in [2.45, 2.75) is 12.5 Å². The van der Waals surface area contributed by atoms with Gasteiger partial charge >= 0.3 is 5.97 Å². The number of benzene rings is 1. The number of hydrogen-bond donors (Lipinski definition) is 1. The van der Waals surface area contributed by atoms with E-state index in [2.05, 4.69) is 4.74 Å². The first-order chi connectivity index (χ1) is 7.20. The van der Waals surface area contributed by atoms with Crippen molar-refractivity contribution in [1.29, 1.82) is 5.26 Å². The quantitative estimate of drug-likeness (QED) is 0.757. The summed E-state index contributed by atoms with van der Waals surface area (Å²) in [5.74, 6) is -0.511. The van der Waals surface area contributed by atoms with Gasteiger partial charge in [0.25, 0.3) is 0 Å². The summed E-state index contributed by atoms with van der Waals surface area (Å²) in [4.78, 5) is 11.3. The van der Waals surface area contributed by atoms with E-state index in [4.69, 9.17) is 5.26 Å². The number of nitriles is 1. The van der Waals surface area contributed by atoms with Gasteiger partial charge in [-0.3, -0.25) is 0 Å². The molecule has 0 spiro atoms. The lowest BCUT2D eigenvalue weighted by atomic mass is 10.0. The van der Waals surface area contributed by atoms with Gasteiger partial charge in [-0.05, 0) is 11.6 Å². The highest BCUT2D eigenvalue weighted by molar-refractivity contribution is 5.91. The smallest absolute Gasteiger partial charge is 0.338 e. The lowest BCUT2D eigenvalue weighted by Gasteiger charge is -2.11. The van der Waals surface area contributed by atoms with E-state index in [0.29, 0.717) is 11.1 Å². The number of nitrogens with zero attached hydrogens (tertiary/aromatic N) is 1. The van der Waals surface area contributed by atoms with Crippen LogP contribution in [-0.2, 0) is 4.74 Å². The fourth-order valence-corrected chi connectivity index (χ4v) is 1.28. The SMILES string of the molecule is COC(=O)c1ccccc1C(O)CC#N. The van der Waals surface area contributed by atoms with E-state index in [0.717, 1.165) is 0 Å². The van der Waals surface area contributed by atoms with Gasteiger partial charge in [-0.2, -0.15) is 5.26 Å². The Morgan fingerprint density at radius 1 is 1.60 bits per heavy atom. The molecule has 0 saturated heterocycles. The molecule has 15 heavy (non-hydrogen) atoms. The van der Waals surface area contributed by atoms with Crippen LogP contribution in [0.5, 0.6) is 0 Å². The molecule has 0 aliphatic heterocycles. The number of esters is 1. The van der Waals surface area contributed by atoms with Gasteiger partial charge in [0.15, 0.2) is 0 Å². The molecule has 0 aliphatic carbocycles. The molecule has 1 unspecified atom stereocenters. The standard InChI is InChI=1S/C11H11NO3/c1-15-11(14)9-5-3-2-4-8(9)10(13)6-7-12/h2-5,10,13H,6H2,1H3. The van der Waals surface area contributed by atoms with Gasteiger partial charge in [0.1, 0.15) is 0 Å². The predicted octanol–water partition coefficient (Wildman–Crippen LogP) is 1.42. The number of methoxy groups -OCH3 is 1. The molecule has 1 aromatic carbocycles. The Labute approximate surface area is 87.7 Å². The molecule has 0 saturated carbocycles. The molecular formula is C11H11NO3. The van der Waals surface area contributed by atoms with E-state index in [-0.39, 0.29) is 6.42 Å². The largest absolute Gasteiger partial charge is 0.465 e. The average Bonchev–Trinajstić information content (AvgIpc) is 2.28. The number of aliphatic hydroxyl groups is 1. The van der Waals surface area contributed by atoms with Crippen LogP contribution in [0, 0.1) is 11.3 Å². The van der Waals surface area contributed by atoms with Crippen molar-refractivity contribution < 1.29 is 14.6 Å².